The minimum absolute atomic E-state index is 0.0282. The minimum atomic E-state index is -0.388. The number of nitrogens with zero attached hydrogens (tertiary/aromatic N) is 1. The Labute approximate surface area is 211 Å². The summed E-state index contributed by atoms with van der Waals surface area (Å²) in [6.07, 6.45) is 14.5. The summed E-state index contributed by atoms with van der Waals surface area (Å²) < 4.78 is 6.62. The van der Waals surface area contributed by atoms with E-state index in [4.69, 9.17) is 4.74 Å². The summed E-state index contributed by atoms with van der Waals surface area (Å²) in [7, 11) is 0. The van der Waals surface area contributed by atoms with Gasteiger partial charge in [-0.2, -0.15) is 0 Å². The third kappa shape index (κ3) is 5.24. The van der Waals surface area contributed by atoms with Gasteiger partial charge in [0.15, 0.2) is 0 Å². The molecule has 4 aliphatic rings. The lowest BCUT2D eigenvalue weighted by atomic mass is 9.83. The van der Waals surface area contributed by atoms with Crippen LogP contribution < -0.4 is 10.1 Å². The molecule has 3 aliphatic carbocycles. The number of fused-ring (bicyclic) bond motifs is 2. The molecule has 0 bridgehead atoms. The molecule has 1 aliphatic heterocycles. The molecular formula is C30H44N2O3. The monoisotopic (exact) mass is 480 g/mol. The van der Waals surface area contributed by atoms with E-state index in [1.165, 1.54) is 36.8 Å². The normalized spacial score (nSPS) is 28.2. The van der Waals surface area contributed by atoms with Crippen molar-refractivity contribution in [2.45, 2.75) is 116 Å². The van der Waals surface area contributed by atoms with Gasteiger partial charge in [-0.25, -0.2) is 0 Å². The Kier molecular flexibility index (Phi) is 7.69. The summed E-state index contributed by atoms with van der Waals surface area (Å²) in [6, 6.07) is 6.37. The maximum absolute atomic E-state index is 14.1. The number of nitrogens with one attached hydrogen (secondary N) is 1. The molecular weight excluding hydrogens is 436 g/mol. The zero-order valence-electron chi connectivity index (χ0n) is 21.8. The van der Waals surface area contributed by atoms with Crippen LogP contribution in [-0.4, -0.2) is 41.4 Å². The Morgan fingerprint density at radius 1 is 1.00 bits per heavy atom. The fourth-order valence-electron chi connectivity index (χ4n) is 7.10. The van der Waals surface area contributed by atoms with Crippen LogP contribution >= 0.6 is 0 Å². The Morgan fingerprint density at radius 2 is 1.77 bits per heavy atom. The molecule has 192 valence electrons. The number of rotatable bonds is 7. The third-order valence-corrected chi connectivity index (χ3v) is 9.42. The van der Waals surface area contributed by atoms with Gasteiger partial charge in [-0.15, -0.1) is 0 Å². The SMILES string of the molecule is CC[C@@H](C)C(=O)N[C@H](C(=O)N1CC[C@H]2CC[C@H](Oc3ccc4c(c3)CCCC4)[C@H]21)C1CCCCC1. The summed E-state index contributed by atoms with van der Waals surface area (Å²) in [5.74, 6) is 1.84. The first-order valence-corrected chi connectivity index (χ1v) is 14.4. The molecule has 5 heteroatoms. The molecule has 0 unspecified atom stereocenters. The molecule has 5 nitrogen and oxygen atoms in total. The first-order valence-electron chi connectivity index (χ1n) is 14.4. The van der Waals surface area contributed by atoms with E-state index in [0.717, 1.165) is 70.1 Å². The smallest absolute Gasteiger partial charge is 0.245 e. The van der Waals surface area contributed by atoms with Gasteiger partial charge < -0.3 is 15.0 Å². The van der Waals surface area contributed by atoms with Crippen molar-refractivity contribution < 1.29 is 14.3 Å². The number of likely N-dealkylation sites (tertiary alicyclic amines) is 1. The fraction of sp³-hybridized carbons (Fsp3) is 0.733. The van der Waals surface area contributed by atoms with E-state index in [0.29, 0.717) is 5.92 Å². The van der Waals surface area contributed by atoms with Gasteiger partial charge in [0.25, 0.3) is 0 Å². The molecule has 1 saturated heterocycles. The molecule has 0 aromatic heterocycles. The van der Waals surface area contributed by atoms with E-state index < -0.39 is 0 Å². The molecule has 5 atom stereocenters. The average Bonchev–Trinajstić information content (AvgIpc) is 3.49. The molecule has 35 heavy (non-hydrogen) atoms. The van der Waals surface area contributed by atoms with Crippen molar-refractivity contribution in [3.8, 4) is 5.75 Å². The second kappa shape index (κ2) is 10.9. The van der Waals surface area contributed by atoms with E-state index >= 15 is 0 Å². The highest BCUT2D eigenvalue weighted by atomic mass is 16.5. The van der Waals surface area contributed by atoms with Gasteiger partial charge in [0, 0.05) is 12.5 Å². The summed E-state index contributed by atoms with van der Waals surface area (Å²) in [4.78, 5) is 29.1. The molecule has 1 N–H and O–H groups in total. The number of hydrogen-bond donors (Lipinski definition) is 1. The van der Waals surface area contributed by atoms with Gasteiger partial charge in [0.2, 0.25) is 11.8 Å². The number of benzene rings is 1. The van der Waals surface area contributed by atoms with Gasteiger partial charge in [0.05, 0.1) is 6.04 Å². The molecule has 1 aromatic carbocycles. The van der Waals surface area contributed by atoms with Crippen molar-refractivity contribution in [1.82, 2.24) is 10.2 Å². The molecule has 1 heterocycles. The van der Waals surface area contributed by atoms with Crippen molar-refractivity contribution >= 4 is 11.8 Å². The van der Waals surface area contributed by atoms with E-state index in [2.05, 4.69) is 28.4 Å². The predicted molar refractivity (Wildman–Crippen MR) is 138 cm³/mol. The van der Waals surface area contributed by atoms with Crippen LogP contribution in [0.4, 0.5) is 0 Å². The highest BCUT2D eigenvalue weighted by Gasteiger charge is 2.49. The molecule has 5 rings (SSSR count). The van der Waals surface area contributed by atoms with E-state index in [-0.39, 0.29) is 41.8 Å². The second-order valence-electron chi connectivity index (χ2n) is 11.6. The van der Waals surface area contributed by atoms with Crippen LogP contribution in [-0.2, 0) is 22.4 Å². The Bertz CT molecular complexity index is 909. The molecule has 2 amide bonds. The van der Waals surface area contributed by atoms with Gasteiger partial charge >= 0.3 is 0 Å². The first kappa shape index (κ1) is 24.6. The number of amides is 2. The van der Waals surface area contributed by atoms with Crippen molar-refractivity contribution in [3.05, 3.63) is 29.3 Å². The predicted octanol–water partition coefficient (Wildman–Crippen LogP) is 5.43. The van der Waals surface area contributed by atoms with Crippen molar-refractivity contribution in [2.24, 2.45) is 17.8 Å². The summed E-state index contributed by atoms with van der Waals surface area (Å²) >= 11 is 0. The summed E-state index contributed by atoms with van der Waals surface area (Å²) in [5, 5.41) is 3.22. The first-order chi connectivity index (χ1) is 17.0. The molecule has 3 fully saturated rings. The van der Waals surface area contributed by atoms with Crippen LogP contribution in [0.3, 0.4) is 0 Å². The van der Waals surface area contributed by atoms with Gasteiger partial charge in [-0.05, 0) is 99.3 Å². The number of ether oxygens (including phenoxy) is 1. The Hall–Kier alpha value is -2.04. The van der Waals surface area contributed by atoms with Gasteiger partial charge in [-0.3, -0.25) is 9.59 Å². The van der Waals surface area contributed by atoms with Crippen molar-refractivity contribution in [2.75, 3.05) is 6.54 Å². The number of hydrogen-bond acceptors (Lipinski definition) is 3. The molecule has 0 spiro atoms. The minimum Gasteiger partial charge on any atom is -0.488 e. The Morgan fingerprint density at radius 3 is 2.54 bits per heavy atom. The van der Waals surface area contributed by atoms with Crippen LogP contribution in [0.5, 0.6) is 5.75 Å². The second-order valence-corrected chi connectivity index (χ2v) is 11.6. The van der Waals surface area contributed by atoms with Gasteiger partial charge in [0.1, 0.15) is 17.9 Å². The van der Waals surface area contributed by atoms with Crippen LogP contribution in [0.25, 0.3) is 0 Å². The number of carbonyl (C=O) groups excluding carboxylic acids is 2. The van der Waals surface area contributed by atoms with E-state index in [1.807, 2.05) is 13.8 Å². The number of aryl methyl sites for hydroxylation is 2. The highest BCUT2D eigenvalue weighted by molar-refractivity contribution is 5.89. The van der Waals surface area contributed by atoms with Crippen LogP contribution in [0, 0.1) is 17.8 Å². The maximum atomic E-state index is 14.1. The lowest BCUT2D eigenvalue weighted by molar-refractivity contribution is -0.141. The highest BCUT2D eigenvalue weighted by Crippen LogP contribution is 2.41. The van der Waals surface area contributed by atoms with Crippen molar-refractivity contribution in [1.29, 1.82) is 0 Å². The summed E-state index contributed by atoms with van der Waals surface area (Å²) in [5.41, 5.74) is 2.91. The fourth-order valence-corrected chi connectivity index (χ4v) is 7.10. The zero-order chi connectivity index (χ0) is 24.4. The number of carbonyl (C=O) groups is 2. The zero-order valence-corrected chi connectivity index (χ0v) is 21.8. The van der Waals surface area contributed by atoms with Crippen LogP contribution in [0.1, 0.15) is 95.6 Å². The van der Waals surface area contributed by atoms with E-state index in [9.17, 15) is 9.59 Å². The lowest BCUT2D eigenvalue weighted by Gasteiger charge is -2.37. The Balaban J connectivity index is 1.32. The van der Waals surface area contributed by atoms with Crippen molar-refractivity contribution in [3.63, 3.8) is 0 Å². The van der Waals surface area contributed by atoms with Gasteiger partial charge in [-0.1, -0.05) is 39.2 Å². The third-order valence-electron chi connectivity index (χ3n) is 9.42. The average molecular weight is 481 g/mol. The van der Waals surface area contributed by atoms with Crippen LogP contribution in [0.2, 0.25) is 0 Å². The quantitative estimate of drug-likeness (QED) is 0.566. The lowest BCUT2D eigenvalue weighted by Crippen LogP contribution is -2.56. The molecule has 1 aromatic rings. The van der Waals surface area contributed by atoms with Crippen LogP contribution in [0.15, 0.2) is 18.2 Å². The largest absolute Gasteiger partial charge is 0.488 e. The molecule has 2 saturated carbocycles. The maximum Gasteiger partial charge on any atom is 0.245 e. The summed E-state index contributed by atoms with van der Waals surface area (Å²) in [6.45, 7) is 4.79. The molecule has 0 radical (unpaired) electrons. The van der Waals surface area contributed by atoms with E-state index in [1.54, 1.807) is 0 Å². The standard InChI is InChI=1S/C30H44N2O3/c1-3-20(2)29(33)31-27(22-10-5-4-6-11-22)30(34)32-18-17-23-14-16-26(28(23)32)35-25-15-13-21-9-7-8-12-24(21)19-25/h13,15,19-20,22-23,26-28H,3-12,14,16-18H2,1-2H3,(H,31,33)/t20-,23-,26+,27+,28+/m1/s1. The topological polar surface area (TPSA) is 58.6 Å².